The van der Waals surface area contributed by atoms with Gasteiger partial charge in [-0.25, -0.2) is 4.79 Å². The Balaban J connectivity index is 1.97. The first-order valence-corrected chi connectivity index (χ1v) is 10.2. The lowest BCUT2D eigenvalue weighted by Crippen LogP contribution is -2.34. The number of aromatic nitrogens is 1. The number of anilines is 1. The number of carbonyl (C=O) groups excluding carboxylic acids is 1. The quantitative estimate of drug-likeness (QED) is 0.505. The van der Waals surface area contributed by atoms with E-state index < -0.39 is 16.8 Å². The molecule has 0 unspecified atom stereocenters. The number of hydrogen-bond donors (Lipinski definition) is 2. The van der Waals surface area contributed by atoms with Gasteiger partial charge in [-0.3, -0.25) is 4.79 Å². The molecule has 0 saturated heterocycles. The highest BCUT2D eigenvalue weighted by Gasteiger charge is 2.34. The van der Waals surface area contributed by atoms with E-state index in [0.717, 1.165) is 11.6 Å². The molecule has 2 N–H and O–H groups in total. The van der Waals surface area contributed by atoms with Crippen LogP contribution in [-0.2, 0) is 12.7 Å². The molecule has 9 heteroatoms. The predicted molar refractivity (Wildman–Crippen MR) is 119 cm³/mol. The van der Waals surface area contributed by atoms with E-state index in [1.54, 1.807) is 28.8 Å². The number of urea groups is 1. The number of nitrogens with zero attached hydrogens (tertiary/aromatic N) is 1. The molecule has 5 nitrogen and oxygen atoms in total. The molecule has 0 aliphatic carbocycles. The summed E-state index contributed by atoms with van der Waals surface area (Å²) < 4.78 is 41.6. The highest BCUT2D eigenvalue weighted by atomic mass is 35.5. The molecule has 2 aromatic carbocycles. The number of halogens is 4. The third-order valence-electron chi connectivity index (χ3n) is 4.54. The van der Waals surface area contributed by atoms with Gasteiger partial charge in [0.2, 0.25) is 0 Å². The van der Waals surface area contributed by atoms with E-state index in [0.29, 0.717) is 5.69 Å². The maximum atomic E-state index is 13.3. The minimum atomic E-state index is -4.62. The van der Waals surface area contributed by atoms with Crippen LogP contribution in [0.1, 0.15) is 25.0 Å². The average molecular weight is 464 g/mol. The Hall–Kier alpha value is -3.26. The summed E-state index contributed by atoms with van der Waals surface area (Å²) in [5.74, 6) is 0. The molecular formula is C23H21ClF3N3O2. The van der Waals surface area contributed by atoms with Crippen LogP contribution in [0.2, 0.25) is 5.02 Å². The highest BCUT2D eigenvalue weighted by Crippen LogP contribution is 2.39. The number of carbonyl (C=O) groups is 1. The van der Waals surface area contributed by atoms with Gasteiger partial charge in [0.1, 0.15) is 0 Å². The predicted octanol–water partition coefficient (Wildman–Crippen LogP) is 5.77. The van der Waals surface area contributed by atoms with Crippen molar-refractivity contribution in [3.63, 3.8) is 0 Å². The maximum Gasteiger partial charge on any atom is 0.417 e. The number of rotatable bonds is 5. The Morgan fingerprint density at radius 2 is 1.81 bits per heavy atom. The Morgan fingerprint density at radius 3 is 2.50 bits per heavy atom. The largest absolute Gasteiger partial charge is 0.417 e. The molecule has 0 bridgehead atoms. The zero-order valence-corrected chi connectivity index (χ0v) is 18.1. The molecule has 32 heavy (non-hydrogen) atoms. The van der Waals surface area contributed by atoms with Crippen molar-refractivity contribution in [1.82, 2.24) is 9.88 Å². The van der Waals surface area contributed by atoms with Gasteiger partial charge in [-0.05, 0) is 37.6 Å². The molecule has 0 radical (unpaired) electrons. The fraction of sp³-hybridized carbons (Fsp3) is 0.217. The summed E-state index contributed by atoms with van der Waals surface area (Å²) in [5, 5.41) is 4.98. The SMILES string of the molecule is CC(C)NC(=O)Nc1cccc(Cn2ccc(=O)cc2-c2cccc(C(F)(F)F)c2Cl)c1. The second-order valence-corrected chi connectivity index (χ2v) is 7.87. The summed E-state index contributed by atoms with van der Waals surface area (Å²) in [6.45, 7) is 3.92. The van der Waals surface area contributed by atoms with Crippen LogP contribution in [0.25, 0.3) is 11.3 Å². The standard InChI is InChI=1S/C23H21ClF3N3O2/c1-14(2)28-22(32)29-16-6-3-5-15(11-16)13-30-10-9-17(31)12-20(30)18-7-4-8-19(21(18)24)23(25,26)27/h3-12,14H,13H2,1-2H3,(H2,28,29,32). The molecule has 1 heterocycles. The topological polar surface area (TPSA) is 63.1 Å². The number of hydrogen-bond acceptors (Lipinski definition) is 2. The van der Waals surface area contributed by atoms with Crippen LogP contribution < -0.4 is 16.1 Å². The van der Waals surface area contributed by atoms with E-state index in [-0.39, 0.29) is 35.3 Å². The van der Waals surface area contributed by atoms with Crippen LogP contribution in [0.5, 0.6) is 0 Å². The first kappa shape index (κ1) is 23.4. The summed E-state index contributed by atoms with van der Waals surface area (Å²) in [4.78, 5) is 23.9. The highest BCUT2D eigenvalue weighted by molar-refractivity contribution is 6.34. The van der Waals surface area contributed by atoms with Crippen LogP contribution in [0.15, 0.2) is 65.6 Å². The van der Waals surface area contributed by atoms with Crippen molar-refractivity contribution < 1.29 is 18.0 Å². The summed E-state index contributed by atoms with van der Waals surface area (Å²) in [6.07, 6.45) is -3.12. The minimum Gasteiger partial charge on any atom is -0.343 e. The third-order valence-corrected chi connectivity index (χ3v) is 4.95. The van der Waals surface area contributed by atoms with E-state index in [9.17, 15) is 22.8 Å². The molecule has 0 atom stereocenters. The molecule has 168 valence electrons. The van der Waals surface area contributed by atoms with Crippen LogP contribution in [0.4, 0.5) is 23.7 Å². The Bertz CT molecular complexity index is 1190. The number of alkyl halides is 3. The summed E-state index contributed by atoms with van der Waals surface area (Å²) in [5.41, 5.74) is 0.349. The molecule has 3 rings (SSSR count). The van der Waals surface area contributed by atoms with Gasteiger partial charge in [0, 0.05) is 42.2 Å². The average Bonchev–Trinajstić information content (AvgIpc) is 2.68. The van der Waals surface area contributed by atoms with E-state index >= 15 is 0 Å². The fourth-order valence-corrected chi connectivity index (χ4v) is 3.53. The van der Waals surface area contributed by atoms with Gasteiger partial charge in [0.05, 0.1) is 16.3 Å². The van der Waals surface area contributed by atoms with Crippen molar-refractivity contribution in [3.8, 4) is 11.3 Å². The molecule has 0 spiro atoms. The molecule has 0 fully saturated rings. The summed E-state index contributed by atoms with van der Waals surface area (Å²) >= 11 is 6.09. The van der Waals surface area contributed by atoms with Crippen molar-refractivity contribution in [2.45, 2.75) is 32.6 Å². The first-order valence-electron chi connectivity index (χ1n) is 9.77. The Kier molecular flexibility index (Phi) is 6.93. The van der Waals surface area contributed by atoms with Gasteiger partial charge in [0.15, 0.2) is 5.43 Å². The van der Waals surface area contributed by atoms with Crippen LogP contribution >= 0.6 is 11.6 Å². The van der Waals surface area contributed by atoms with Crippen LogP contribution in [0.3, 0.4) is 0 Å². The third kappa shape index (κ3) is 5.70. The zero-order valence-electron chi connectivity index (χ0n) is 17.3. The smallest absolute Gasteiger partial charge is 0.343 e. The van der Waals surface area contributed by atoms with Gasteiger partial charge < -0.3 is 15.2 Å². The summed E-state index contributed by atoms with van der Waals surface area (Å²) in [7, 11) is 0. The van der Waals surface area contributed by atoms with Crippen molar-refractivity contribution in [3.05, 3.63) is 87.2 Å². The maximum absolute atomic E-state index is 13.3. The van der Waals surface area contributed by atoms with Gasteiger partial charge in [0.25, 0.3) is 0 Å². The van der Waals surface area contributed by atoms with E-state index in [1.165, 1.54) is 30.5 Å². The van der Waals surface area contributed by atoms with Crippen molar-refractivity contribution in [2.24, 2.45) is 0 Å². The van der Waals surface area contributed by atoms with Gasteiger partial charge in [-0.1, -0.05) is 35.9 Å². The number of pyridine rings is 1. The summed E-state index contributed by atoms with van der Waals surface area (Å²) in [6, 6.07) is 12.8. The molecule has 0 saturated carbocycles. The molecule has 0 aliphatic heterocycles. The second-order valence-electron chi connectivity index (χ2n) is 7.49. The molecule has 2 amide bonds. The Morgan fingerprint density at radius 1 is 1.09 bits per heavy atom. The van der Waals surface area contributed by atoms with Gasteiger partial charge in [-0.15, -0.1) is 0 Å². The number of amides is 2. The van der Waals surface area contributed by atoms with Crippen LogP contribution in [-0.4, -0.2) is 16.6 Å². The van der Waals surface area contributed by atoms with Crippen molar-refractivity contribution in [2.75, 3.05) is 5.32 Å². The number of nitrogens with one attached hydrogen (secondary N) is 2. The lowest BCUT2D eigenvalue weighted by molar-refractivity contribution is -0.137. The minimum absolute atomic E-state index is 0.0286. The van der Waals surface area contributed by atoms with E-state index in [4.69, 9.17) is 11.6 Å². The first-order chi connectivity index (χ1) is 15.0. The second kappa shape index (κ2) is 9.48. The number of benzene rings is 2. The monoisotopic (exact) mass is 463 g/mol. The van der Waals surface area contributed by atoms with Crippen LogP contribution in [0, 0.1) is 0 Å². The zero-order chi connectivity index (χ0) is 23.5. The molecule has 0 aliphatic rings. The van der Waals surface area contributed by atoms with Crippen molar-refractivity contribution >= 4 is 23.3 Å². The van der Waals surface area contributed by atoms with E-state index in [1.807, 2.05) is 13.8 Å². The Labute approximate surface area is 187 Å². The lowest BCUT2D eigenvalue weighted by atomic mass is 10.1. The van der Waals surface area contributed by atoms with Gasteiger partial charge in [-0.2, -0.15) is 13.2 Å². The fourth-order valence-electron chi connectivity index (χ4n) is 3.20. The van der Waals surface area contributed by atoms with E-state index in [2.05, 4.69) is 10.6 Å². The lowest BCUT2D eigenvalue weighted by Gasteiger charge is -2.17. The van der Waals surface area contributed by atoms with Crippen molar-refractivity contribution in [1.29, 1.82) is 0 Å². The normalized spacial score (nSPS) is 11.5. The molecular weight excluding hydrogens is 443 g/mol. The molecule has 1 aromatic heterocycles. The molecule has 3 aromatic rings. The van der Waals surface area contributed by atoms with Gasteiger partial charge >= 0.3 is 12.2 Å².